The molecule has 1 aliphatic rings. The predicted octanol–water partition coefficient (Wildman–Crippen LogP) is 2.44. The lowest BCUT2D eigenvalue weighted by Crippen LogP contribution is -2.42. The summed E-state index contributed by atoms with van der Waals surface area (Å²) in [6.45, 7) is 2.48. The van der Waals surface area contributed by atoms with Gasteiger partial charge in [-0.1, -0.05) is 25.3 Å². The van der Waals surface area contributed by atoms with Gasteiger partial charge in [0, 0.05) is 24.2 Å². The highest BCUT2D eigenvalue weighted by molar-refractivity contribution is 5.40. The molecule has 1 atom stereocenters. The number of phenolic OH excluding ortho intramolecular Hbond substituents is 2. The first kappa shape index (κ1) is 14.2. The van der Waals surface area contributed by atoms with Crippen LogP contribution in [-0.4, -0.2) is 27.5 Å². The Morgan fingerprint density at radius 1 is 1.21 bits per heavy atom. The highest BCUT2D eigenvalue weighted by Crippen LogP contribution is 2.30. The lowest BCUT2D eigenvalue weighted by Gasteiger charge is -2.33. The van der Waals surface area contributed by atoms with Crippen molar-refractivity contribution in [3.63, 3.8) is 0 Å². The van der Waals surface area contributed by atoms with E-state index in [9.17, 15) is 15.3 Å². The number of phenols is 2. The van der Waals surface area contributed by atoms with Gasteiger partial charge in [0.2, 0.25) is 0 Å². The number of nitrogens with one attached hydrogen (secondary N) is 1. The summed E-state index contributed by atoms with van der Waals surface area (Å²) in [6, 6.07) is 4.53. The van der Waals surface area contributed by atoms with Gasteiger partial charge in [-0.05, 0) is 25.8 Å². The van der Waals surface area contributed by atoms with Crippen molar-refractivity contribution in [2.45, 2.75) is 50.7 Å². The minimum absolute atomic E-state index is 0.0550. The van der Waals surface area contributed by atoms with Crippen LogP contribution in [0.25, 0.3) is 0 Å². The number of aliphatic hydroxyl groups is 1. The summed E-state index contributed by atoms with van der Waals surface area (Å²) >= 11 is 0. The molecule has 0 radical (unpaired) electrons. The Labute approximate surface area is 114 Å². The highest BCUT2D eigenvalue weighted by Gasteiger charge is 2.29. The molecule has 4 N–H and O–H groups in total. The maximum atomic E-state index is 10.4. The van der Waals surface area contributed by atoms with Gasteiger partial charge in [-0.25, -0.2) is 0 Å². The molecule has 0 spiro atoms. The SMILES string of the molecule is CC(NCC1(O)CCCCC1)c1ccc(O)cc1O. The molecule has 0 aliphatic heterocycles. The molecule has 1 unspecified atom stereocenters. The van der Waals surface area contributed by atoms with Crippen LogP contribution < -0.4 is 5.32 Å². The van der Waals surface area contributed by atoms with Crippen LogP contribution in [0.5, 0.6) is 11.5 Å². The molecule has 1 aliphatic carbocycles. The van der Waals surface area contributed by atoms with Crippen molar-refractivity contribution in [3.05, 3.63) is 23.8 Å². The van der Waals surface area contributed by atoms with E-state index in [1.54, 1.807) is 12.1 Å². The van der Waals surface area contributed by atoms with Crippen LogP contribution >= 0.6 is 0 Å². The van der Waals surface area contributed by atoms with Gasteiger partial charge in [0.25, 0.3) is 0 Å². The van der Waals surface area contributed by atoms with Crippen LogP contribution in [0.1, 0.15) is 50.6 Å². The molecular weight excluding hydrogens is 242 g/mol. The Bertz CT molecular complexity index is 427. The van der Waals surface area contributed by atoms with Crippen molar-refractivity contribution in [1.82, 2.24) is 5.32 Å². The highest BCUT2D eigenvalue weighted by atomic mass is 16.3. The average molecular weight is 265 g/mol. The molecule has 0 saturated heterocycles. The minimum Gasteiger partial charge on any atom is -0.508 e. The maximum absolute atomic E-state index is 10.4. The van der Waals surface area contributed by atoms with Crippen molar-refractivity contribution in [2.75, 3.05) is 6.54 Å². The lowest BCUT2D eigenvalue weighted by atomic mass is 9.84. The van der Waals surface area contributed by atoms with E-state index in [1.165, 1.54) is 12.5 Å². The van der Waals surface area contributed by atoms with E-state index < -0.39 is 5.60 Å². The molecule has 1 aromatic carbocycles. The summed E-state index contributed by atoms with van der Waals surface area (Å²) in [5.41, 5.74) is 0.121. The van der Waals surface area contributed by atoms with Gasteiger partial charge in [0.1, 0.15) is 11.5 Å². The van der Waals surface area contributed by atoms with Gasteiger partial charge in [0.15, 0.2) is 0 Å². The molecule has 0 aromatic heterocycles. The normalized spacial score (nSPS) is 20.1. The quantitative estimate of drug-likeness (QED) is 0.675. The van der Waals surface area contributed by atoms with Gasteiger partial charge in [-0.2, -0.15) is 0 Å². The van der Waals surface area contributed by atoms with Crippen LogP contribution in [-0.2, 0) is 0 Å². The van der Waals surface area contributed by atoms with Gasteiger partial charge < -0.3 is 20.6 Å². The van der Waals surface area contributed by atoms with Crippen LogP contribution in [0.2, 0.25) is 0 Å². The smallest absolute Gasteiger partial charge is 0.124 e. The molecule has 0 heterocycles. The second-order valence-corrected chi connectivity index (χ2v) is 5.63. The number of benzene rings is 1. The van der Waals surface area contributed by atoms with E-state index in [0.29, 0.717) is 6.54 Å². The fourth-order valence-electron chi connectivity index (χ4n) is 2.74. The molecule has 0 bridgehead atoms. The summed E-state index contributed by atoms with van der Waals surface area (Å²) < 4.78 is 0. The molecule has 19 heavy (non-hydrogen) atoms. The fraction of sp³-hybridized carbons (Fsp3) is 0.600. The second kappa shape index (κ2) is 5.80. The first-order valence-corrected chi connectivity index (χ1v) is 6.98. The molecule has 0 amide bonds. The monoisotopic (exact) mass is 265 g/mol. The zero-order chi connectivity index (χ0) is 13.9. The standard InChI is InChI=1S/C15H23NO3/c1-11(13-6-5-12(17)9-14(13)18)16-10-15(19)7-3-2-4-8-15/h5-6,9,11,16-19H,2-4,7-8,10H2,1H3. The molecule has 2 rings (SSSR count). The van der Waals surface area contributed by atoms with E-state index in [-0.39, 0.29) is 17.5 Å². The van der Waals surface area contributed by atoms with E-state index in [0.717, 1.165) is 31.2 Å². The first-order valence-electron chi connectivity index (χ1n) is 6.98. The van der Waals surface area contributed by atoms with E-state index >= 15 is 0 Å². The van der Waals surface area contributed by atoms with Gasteiger partial charge in [-0.15, -0.1) is 0 Å². The van der Waals surface area contributed by atoms with Gasteiger partial charge >= 0.3 is 0 Å². The summed E-state index contributed by atoms with van der Waals surface area (Å²) in [5, 5.41) is 32.8. The Morgan fingerprint density at radius 3 is 2.53 bits per heavy atom. The van der Waals surface area contributed by atoms with E-state index in [4.69, 9.17) is 0 Å². The van der Waals surface area contributed by atoms with Gasteiger partial charge in [0.05, 0.1) is 5.60 Å². The molecule has 4 heteroatoms. The third-order valence-electron chi connectivity index (χ3n) is 4.00. The maximum Gasteiger partial charge on any atom is 0.124 e. The molecule has 1 aromatic rings. The van der Waals surface area contributed by atoms with E-state index in [2.05, 4.69) is 5.32 Å². The molecule has 4 nitrogen and oxygen atoms in total. The third kappa shape index (κ3) is 3.61. The Balaban J connectivity index is 1.95. The topological polar surface area (TPSA) is 72.7 Å². The summed E-state index contributed by atoms with van der Waals surface area (Å²) in [7, 11) is 0. The van der Waals surface area contributed by atoms with Crippen LogP contribution in [0.4, 0.5) is 0 Å². The zero-order valence-corrected chi connectivity index (χ0v) is 11.4. The molecule has 1 saturated carbocycles. The zero-order valence-electron chi connectivity index (χ0n) is 11.4. The summed E-state index contributed by atoms with van der Waals surface area (Å²) in [5.74, 6) is 0.134. The lowest BCUT2D eigenvalue weighted by molar-refractivity contribution is 0.00294. The summed E-state index contributed by atoms with van der Waals surface area (Å²) in [4.78, 5) is 0. The predicted molar refractivity (Wildman–Crippen MR) is 74.2 cm³/mol. The largest absolute Gasteiger partial charge is 0.508 e. The Hall–Kier alpha value is -1.26. The van der Waals surface area contributed by atoms with Crippen molar-refractivity contribution in [2.24, 2.45) is 0 Å². The number of hydrogen-bond acceptors (Lipinski definition) is 4. The third-order valence-corrected chi connectivity index (χ3v) is 4.00. The fourth-order valence-corrected chi connectivity index (χ4v) is 2.74. The van der Waals surface area contributed by atoms with Crippen LogP contribution in [0.15, 0.2) is 18.2 Å². The Morgan fingerprint density at radius 2 is 1.89 bits per heavy atom. The Kier molecular flexibility index (Phi) is 4.32. The first-order chi connectivity index (χ1) is 9.00. The van der Waals surface area contributed by atoms with Crippen molar-refractivity contribution in [3.8, 4) is 11.5 Å². The van der Waals surface area contributed by atoms with Gasteiger partial charge in [-0.3, -0.25) is 0 Å². The molecule has 106 valence electrons. The minimum atomic E-state index is -0.612. The molecule has 1 fully saturated rings. The summed E-state index contributed by atoms with van der Waals surface area (Å²) in [6.07, 6.45) is 5.05. The molecular formula is C15H23NO3. The van der Waals surface area contributed by atoms with Crippen LogP contribution in [0, 0.1) is 0 Å². The van der Waals surface area contributed by atoms with Crippen LogP contribution in [0.3, 0.4) is 0 Å². The number of rotatable bonds is 4. The average Bonchev–Trinajstić information content (AvgIpc) is 2.37. The number of aromatic hydroxyl groups is 2. The van der Waals surface area contributed by atoms with Crippen molar-refractivity contribution in [1.29, 1.82) is 0 Å². The number of hydrogen-bond donors (Lipinski definition) is 4. The van der Waals surface area contributed by atoms with E-state index in [1.807, 2.05) is 6.92 Å². The second-order valence-electron chi connectivity index (χ2n) is 5.63. The van der Waals surface area contributed by atoms with Crippen molar-refractivity contribution < 1.29 is 15.3 Å². The van der Waals surface area contributed by atoms with Crippen molar-refractivity contribution >= 4 is 0 Å².